The van der Waals surface area contributed by atoms with Gasteiger partial charge in [0.1, 0.15) is 5.75 Å². The van der Waals surface area contributed by atoms with E-state index in [9.17, 15) is 14.7 Å². The van der Waals surface area contributed by atoms with E-state index in [1.165, 1.54) is 4.57 Å². The van der Waals surface area contributed by atoms with E-state index in [-0.39, 0.29) is 24.5 Å². The fourth-order valence-electron chi connectivity index (χ4n) is 1.88. The normalized spacial score (nSPS) is 10.7. The number of carboxylic acids is 1. The van der Waals surface area contributed by atoms with Gasteiger partial charge in [0.05, 0.1) is 5.52 Å². The molecule has 94 valence electrons. The molecule has 2 aromatic rings. The number of carbonyl (C=O) groups excluding carboxylic acids is 1. The van der Waals surface area contributed by atoms with E-state index in [0.29, 0.717) is 17.3 Å². The number of aliphatic carboxylic acids is 1. The largest absolute Gasteiger partial charge is 0.507 e. The Morgan fingerprint density at radius 3 is 2.67 bits per heavy atom. The molecule has 0 aliphatic carbocycles. The first-order valence-electron chi connectivity index (χ1n) is 5.63. The molecule has 5 nitrogen and oxygen atoms in total. The first-order valence-corrected chi connectivity index (χ1v) is 5.63. The second-order valence-electron chi connectivity index (χ2n) is 4.04. The maximum Gasteiger partial charge on any atom is 0.303 e. The number of phenols is 1. The number of benzene rings is 1. The third kappa shape index (κ3) is 2.34. The van der Waals surface area contributed by atoms with Crippen molar-refractivity contribution in [2.45, 2.75) is 19.3 Å². The molecule has 0 saturated carbocycles. The van der Waals surface area contributed by atoms with Crippen molar-refractivity contribution in [2.75, 3.05) is 0 Å². The average Bonchev–Trinajstić information content (AvgIpc) is 2.73. The van der Waals surface area contributed by atoms with Crippen LogP contribution in [0.1, 0.15) is 24.1 Å². The fourth-order valence-corrected chi connectivity index (χ4v) is 1.88. The number of aromatic hydroxyl groups is 1. The number of carbonyl (C=O) groups is 2. The summed E-state index contributed by atoms with van der Waals surface area (Å²) in [5, 5.41) is 18.7. The highest BCUT2D eigenvalue weighted by Crippen LogP contribution is 2.25. The van der Waals surface area contributed by atoms with E-state index in [1.807, 2.05) is 0 Å². The Bertz CT molecular complexity index is 600. The quantitative estimate of drug-likeness (QED) is 0.868. The first-order chi connectivity index (χ1) is 8.59. The first kappa shape index (κ1) is 12.2. The molecule has 1 aromatic carbocycles. The van der Waals surface area contributed by atoms with Gasteiger partial charge in [-0.05, 0) is 24.6 Å². The van der Waals surface area contributed by atoms with E-state index < -0.39 is 5.97 Å². The van der Waals surface area contributed by atoms with Crippen LogP contribution in [0.2, 0.25) is 0 Å². The standard InChI is InChI=1S/C13H13NO4/c15-11-4-1-3-10-9(11)7-8-14(10)12(16)5-2-6-13(17)18/h1,3-4,7-8,15H,2,5-6H2,(H,17,18). The molecule has 0 saturated heterocycles. The summed E-state index contributed by atoms with van der Waals surface area (Å²) in [6.45, 7) is 0. The predicted molar refractivity (Wildman–Crippen MR) is 65.7 cm³/mol. The van der Waals surface area contributed by atoms with Gasteiger partial charge in [-0.2, -0.15) is 0 Å². The number of phenolic OH excluding ortho intramolecular Hbond substituents is 1. The third-order valence-electron chi connectivity index (χ3n) is 2.76. The van der Waals surface area contributed by atoms with Crippen molar-refractivity contribution in [3.05, 3.63) is 30.5 Å². The maximum absolute atomic E-state index is 11.9. The highest BCUT2D eigenvalue weighted by atomic mass is 16.4. The summed E-state index contributed by atoms with van der Waals surface area (Å²) < 4.78 is 1.44. The molecule has 2 rings (SSSR count). The number of hydrogen-bond donors (Lipinski definition) is 2. The maximum atomic E-state index is 11.9. The second-order valence-corrected chi connectivity index (χ2v) is 4.04. The molecule has 0 spiro atoms. The lowest BCUT2D eigenvalue weighted by Crippen LogP contribution is -2.09. The van der Waals surface area contributed by atoms with Crippen molar-refractivity contribution in [1.82, 2.24) is 4.57 Å². The minimum atomic E-state index is -0.905. The third-order valence-corrected chi connectivity index (χ3v) is 2.76. The van der Waals surface area contributed by atoms with Crippen LogP contribution in [-0.2, 0) is 4.79 Å². The molecule has 0 aliphatic rings. The minimum Gasteiger partial charge on any atom is -0.507 e. The molecule has 5 heteroatoms. The second kappa shape index (κ2) is 4.91. The molecule has 1 heterocycles. The highest BCUT2D eigenvalue weighted by Gasteiger charge is 2.11. The van der Waals surface area contributed by atoms with E-state index >= 15 is 0 Å². The Balaban J connectivity index is 2.18. The van der Waals surface area contributed by atoms with Crippen molar-refractivity contribution >= 4 is 22.8 Å². The van der Waals surface area contributed by atoms with Crippen molar-refractivity contribution in [3.63, 3.8) is 0 Å². The summed E-state index contributed by atoms with van der Waals surface area (Å²) in [5.41, 5.74) is 0.635. The number of aromatic nitrogens is 1. The van der Waals surface area contributed by atoms with E-state index in [0.717, 1.165) is 0 Å². The zero-order valence-corrected chi connectivity index (χ0v) is 9.67. The monoisotopic (exact) mass is 247 g/mol. The van der Waals surface area contributed by atoms with Crippen LogP contribution in [0.15, 0.2) is 30.5 Å². The van der Waals surface area contributed by atoms with Gasteiger partial charge >= 0.3 is 5.97 Å². The number of carboxylic acid groups (broad SMARTS) is 1. The lowest BCUT2D eigenvalue weighted by Gasteiger charge is -2.03. The SMILES string of the molecule is O=C(O)CCCC(=O)n1ccc2c(O)cccc21. The Kier molecular flexibility index (Phi) is 3.32. The van der Waals surface area contributed by atoms with Gasteiger partial charge in [-0.15, -0.1) is 0 Å². The summed E-state index contributed by atoms with van der Waals surface area (Å²) in [4.78, 5) is 22.3. The van der Waals surface area contributed by atoms with Crippen molar-refractivity contribution in [3.8, 4) is 5.75 Å². The van der Waals surface area contributed by atoms with Crippen LogP contribution in [0.5, 0.6) is 5.75 Å². The predicted octanol–water partition coefficient (Wildman–Crippen LogP) is 2.24. The Morgan fingerprint density at radius 2 is 1.94 bits per heavy atom. The highest BCUT2D eigenvalue weighted by molar-refractivity contribution is 5.95. The van der Waals surface area contributed by atoms with Crippen LogP contribution >= 0.6 is 0 Å². The van der Waals surface area contributed by atoms with Crippen LogP contribution in [-0.4, -0.2) is 26.7 Å². The molecular formula is C13H13NO4. The molecule has 2 N–H and O–H groups in total. The van der Waals surface area contributed by atoms with Crippen LogP contribution in [0.3, 0.4) is 0 Å². The van der Waals surface area contributed by atoms with Crippen LogP contribution < -0.4 is 0 Å². The lowest BCUT2D eigenvalue weighted by atomic mass is 10.2. The summed E-state index contributed by atoms with van der Waals surface area (Å²) >= 11 is 0. The van der Waals surface area contributed by atoms with E-state index in [2.05, 4.69) is 0 Å². The summed E-state index contributed by atoms with van der Waals surface area (Å²) in [6, 6.07) is 6.63. The van der Waals surface area contributed by atoms with Gasteiger partial charge in [-0.1, -0.05) is 6.07 Å². The summed E-state index contributed by atoms with van der Waals surface area (Å²) in [6.07, 6.45) is 2.06. The number of rotatable bonds is 4. The molecule has 0 radical (unpaired) electrons. The zero-order chi connectivity index (χ0) is 13.1. The van der Waals surface area contributed by atoms with Crippen molar-refractivity contribution < 1.29 is 19.8 Å². The topological polar surface area (TPSA) is 79.5 Å². The van der Waals surface area contributed by atoms with Crippen LogP contribution in [0.4, 0.5) is 0 Å². The van der Waals surface area contributed by atoms with Crippen molar-refractivity contribution in [2.24, 2.45) is 0 Å². The van der Waals surface area contributed by atoms with E-state index in [1.54, 1.807) is 30.5 Å². The molecule has 0 fully saturated rings. The molecule has 0 aliphatic heterocycles. The zero-order valence-electron chi connectivity index (χ0n) is 9.67. The van der Waals surface area contributed by atoms with Gasteiger partial charge in [0.15, 0.2) is 0 Å². The van der Waals surface area contributed by atoms with Gasteiger partial charge in [0, 0.05) is 24.4 Å². The fraction of sp³-hybridized carbons (Fsp3) is 0.231. The van der Waals surface area contributed by atoms with Gasteiger partial charge in [0.25, 0.3) is 0 Å². The van der Waals surface area contributed by atoms with Gasteiger partial charge in [-0.25, -0.2) is 0 Å². The Hall–Kier alpha value is -2.30. The van der Waals surface area contributed by atoms with Gasteiger partial charge in [-0.3, -0.25) is 14.2 Å². The van der Waals surface area contributed by atoms with Gasteiger partial charge in [0.2, 0.25) is 5.91 Å². The van der Waals surface area contributed by atoms with Crippen LogP contribution in [0, 0.1) is 0 Å². The summed E-state index contributed by atoms with van der Waals surface area (Å²) in [7, 11) is 0. The van der Waals surface area contributed by atoms with Crippen LogP contribution in [0.25, 0.3) is 10.9 Å². The molecule has 1 aromatic heterocycles. The molecule has 0 unspecified atom stereocenters. The Labute approximate surface area is 103 Å². The van der Waals surface area contributed by atoms with Crippen molar-refractivity contribution in [1.29, 1.82) is 0 Å². The minimum absolute atomic E-state index is 0.0177. The number of fused-ring (bicyclic) bond motifs is 1. The van der Waals surface area contributed by atoms with E-state index in [4.69, 9.17) is 5.11 Å². The smallest absolute Gasteiger partial charge is 0.303 e. The summed E-state index contributed by atoms with van der Waals surface area (Å²) in [5.74, 6) is -0.945. The lowest BCUT2D eigenvalue weighted by molar-refractivity contribution is -0.137. The number of nitrogens with zero attached hydrogens (tertiary/aromatic N) is 1. The molecule has 0 amide bonds. The number of hydrogen-bond acceptors (Lipinski definition) is 3. The molecule has 18 heavy (non-hydrogen) atoms. The molecular weight excluding hydrogens is 234 g/mol. The average molecular weight is 247 g/mol. The molecule has 0 bridgehead atoms. The Morgan fingerprint density at radius 1 is 1.17 bits per heavy atom. The molecule has 0 atom stereocenters. The van der Waals surface area contributed by atoms with Gasteiger partial charge < -0.3 is 10.2 Å².